The largest absolute Gasteiger partial charge is 0.411 e. The number of aromatic nitrogens is 3. The van der Waals surface area contributed by atoms with Crippen molar-refractivity contribution in [2.75, 3.05) is 20.3 Å². The third-order valence-electron chi connectivity index (χ3n) is 1.85. The first kappa shape index (κ1) is 14.1. The second-order valence-corrected chi connectivity index (χ2v) is 3.58. The topological polar surface area (TPSA) is 52.1 Å². The Labute approximate surface area is 101 Å². The van der Waals surface area contributed by atoms with Crippen molar-refractivity contribution in [2.24, 2.45) is 0 Å². The van der Waals surface area contributed by atoms with E-state index in [1.807, 2.05) is 0 Å². The van der Waals surface area contributed by atoms with E-state index in [9.17, 15) is 13.2 Å². The number of rotatable bonds is 6. The SMILES string of the molecule is COCCn1c(COCC(F)(F)F)n[nH]c1=S. The van der Waals surface area contributed by atoms with Crippen LogP contribution in [0.15, 0.2) is 0 Å². The predicted octanol–water partition coefficient (Wildman–Crippen LogP) is 1.67. The fraction of sp³-hybridized carbons (Fsp3) is 0.750. The maximum atomic E-state index is 11.9. The highest BCUT2D eigenvalue weighted by atomic mass is 32.1. The fourth-order valence-corrected chi connectivity index (χ4v) is 1.37. The molecule has 0 saturated carbocycles. The number of alkyl halides is 3. The average Bonchev–Trinajstić information content (AvgIpc) is 2.55. The van der Waals surface area contributed by atoms with E-state index >= 15 is 0 Å². The number of aromatic amines is 1. The lowest BCUT2D eigenvalue weighted by molar-refractivity contribution is -0.177. The molecule has 5 nitrogen and oxygen atoms in total. The van der Waals surface area contributed by atoms with Gasteiger partial charge in [0, 0.05) is 7.11 Å². The van der Waals surface area contributed by atoms with Gasteiger partial charge in [-0.15, -0.1) is 0 Å². The molecule has 1 rings (SSSR count). The highest BCUT2D eigenvalue weighted by Gasteiger charge is 2.27. The zero-order valence-electron chi connectivity index (χ0n) is 9.08. The van der Waals surface area contributed by atoms with Gasteiger partial charge in [-0.3, -0.25) is 9.67 Å². The van der Waals surface area contributed by atoms with Crippen LogP contribution in [-0.4, -0.2) is 41.3 Å². The highest BCUT2D eigenvalue weighted by molar-refractivity contribution is 7.71. The summed E-state index contributed by atoms with van der Waals surface area (Å²) >= 11 is 4.92. The van der Waals surface area contributed by atoms with Gasteiger partial charge >= 0.3 is 6.18 Å². The molecule has 1 aromatic heterocycles. The first-order chi connectivity index (χ1) is 7.94. The maximum absolute atomic E-state index is 11.9. The van der Waals surface area contributed by atoms with Crippen molar-refractivity contribution in [1.82, 2.24) is 14.8 Å². The molecule has 17 heavy (non-hydrogen) atoms. The normalized spacial score (nSPS) is 12.0. The molecular formula is C8H12F3N3O2S. The van der Waals surface area contributed by atoms with Gasteiger partial charge in [0.2, 0.25) is 0 Å². The molecule has 0 unspecified atom stereocenters. The smallest absolute Gasteiger partial charge is 0.383 e. The molecule has 0 aliphatic rings. The van der Waals surface area contributed by atoms with Crippen molar-refractivity contribution in [3.05, 3.63) is 10.6 Å². The minimum Gasteiger partial charge on any atom is -0.383 e. The quantitative estimate of drug-likeness (QED) is 0.800. The third-order valence-corrected chi connectivity index (χ3v) is 2.16. The molecule has 0 fully saturated rings. The molecule has 0 aliphatic heterocycles. The lowest BCUT2D eigenvalue weighted by atomic mass is 10.5. The van der Waals surface area contributed by atoms with Crippen molar-refractivity contribution < 1.29 is 22.6 Å². The number of nitrogens with one attached hydrogen (secondary N) is 1. The molecule has 1 N–H and O–H groups in total. The van der Waals surface area contributed by atoms with Crippen molar-refractivity contribution in [1.29, 1.82) is 0 Å². The molecule has 0 amide bonds. The Balaban J connectivity index is 2.56. The van der Waals surface area contributed by atoms with Gasteiger partial charge in [0.1, 0.15) is 13.2 Å². The molecule has 0 aromatic carbocycles. The van der Waals surface area contributed by atoms with E-state index in [1.54, 1.807) is 0 Å². The molecular weight excluding hydrogens is 259 g/mol. The van der Waals surface area contributed by atoms with Crippen LogP contribution in [0, 0.1) is 4.77 Å². The summed E-state index contributed by atoms with van der Waals surface area (Å²) in [4.78, 5) is 0. The predicted molar refractivity (Wildman–Crippen MR) is 55.0 cm³/mol. The van der Waals surface area contributed by atoms with Crippen LogP contribution in [0.25, 0.3) is 0 Å². The first-order valence-electron chi connectivity index (χ1n) is 4.71. The maximum Gasteiger partial charge on any atom is 0.411 e. The van der Waals surface area contributed by atoms with Gasteiger partial charge in [0.15, 0.2) is 10.6 Å². The fourth-order valence-electron chi connectivity index (χ4n) is 1.13. The number of methoxy groups -OCH3 is 1. The van der Waals surface area contributed by atoms with Crippen LogP contribution in [0.2, 0.25) is 0 Å². The molecule has 0 saturated heterocycles. The average molecular weight is 271 g/mol. The van der Waals surface area contributed by atoms with E-state index in [0.29, 0.717) is 23.7 Å². The Hall–Kier alpha value is -0.930. The summed E-state index contributed by atoms with van der Waals surface area (Å²) in [6.07, 6.45) is -4.34. The number of hydrogen-bond donors (Lipinski definition) is 1. The van der Waals surface area contributed by atoms with Gasteiger partial charge in [0.25, 0.3) is 0 Å². The van der Waals surface area contributed by atoms with E-state index in [4.69, 9.17) is 17.0 Å². The van der Waals surface area contributed by atoms with Gasteiger partial charge < -0.3 is 9.47 Å². The second-order valence-electron chi connectivity index (χ2n) is 3.20. The van der Waals surface area contributed by atoms with Crippen LogP contribution >= 0.6 is 12.2 Å². The molecule has 1 heterocycles. The van der Waals surface area contributed by atoms with Crippen LogP contribution < -0.4 is 0 Å². The minimum atomic E-state index is -4.34. The second kappa shape index (κ2) is 6.12. The van der Waals surface area contributed by atoms with Crippen molar-refractivity contribution >= 4 is 12.2 Å². The summed E-state index contributed by atoms with van der Waals surface area (Å²) in [5, 5.41) is 6.28. The first-order valence-corrected chi connectivity index (χ1v) is 5.12. The Morgan fingerprint density at radius 3 is 2.76 bits per heavy atom. The molecule has 0 spiro atoms. The Bertz CT molecular complexity index is 401. The van der Waals surface area contributed by atoms with Crippen LogP contribution in [0.5, 0.6) is 0 Å². The molecule has 0 bridgehead atoms. The number of halogens is 3. The van der Waals surface area contributed by atoms with Gasteiger partial charge in [-0.1, -0.05) is 0 Å². The number of hydrogen-bond acceptors (Lipinski definition) is 4. The standard InChI is InChI=1S/C8H12F3N3O2S/c1-15-3-2-14-6(12-13-7(14)17)4-16-5-8(9,10)11/h2-5H2,1H3,(H,13,17). The van der Waals surface area contributed by atoms with E-state index in [1.165, 1.54) is 11.7 Å². The van der Waals surface area contributed by atoms with E-state index < -0.39 is 12.8 Å². The number of ether oxygens (including phenoxy) is 2. The zero-order valence-corrected chi connectivity index (χ0v) is 9.90. The summed E-state index contributed by atoms with van der Waals surface area (Å²) in [7, 11) is 1.52. The zero-order chi connectivity index (χ0) is 12.9. The molecule has 0 aliphatic carbocycles. The Kier molecular flexibility index (Phi) is 5.09. The monoisotopic (exact) mass is 271 g/mol. The summed E-state index contributed by atoms with van der Waals surface area (Å²) in [6, 6.07) is 0. The van der Waals surface area contributed by atoms with Crippen LogP contribution in [0.4, 0.5) is 13.2 Å². The highest BCUT2D eigenvalue weighted by Crippen LogP contribution is 2.15. The van der Waals surface area contributed by atoms with Crippen molar-refractivity contribution in [3.8, 4) is 0 Å². The van der Waals surface area contributed by atoms with Gasteiger partial charge in [0.05, 0.1) is 13.2 Å². The summed E-state index contributed by atoms with van der Waals surface area (Å²) in [5.41, 5.74) is 0. The van der Waals surface area contributed by atoms with Gasteiger partial charge in [-0.25, -0.2) is 0 Å². The molecule has 0 radical (unpaired) electrons. The minimum absolute atomic E-state index is 0.254. The third kappa shape index (κ3) is 4.84. The van der Waals surface area contributed by atoms with Crippen LogP contribution in [0.3, 0.4) is 0 Å². The number of H-pyrrole nitrogens is 1. The summed E-state index contributed by atoms with van der Waals surface area (Å²) < 4.78 is 46.8. The van der Waals surface area contributed by atoms with Gasteiger partial charge in [-0.05, 0) is 12.2 Å². The van der Waals surface area contributed by atoms with Crippen LogP contribution in [0.1, 0.15) is 5.82 Å². The summed E-state index contributed by atoms with van der Waals surface area (Å²) in [5.74, 6) is 0.316. The lowest BCUT2D eigenvalue weighted by Gasteiger charge is -2.08. The molecule has 1 aromatic rings. The molecule has 9 heteroatoms. The van der Waals surface area contributed by atoms with E-state index in [-0.39, 0.29) is 6.61 Å². The Morgan fingerprint density at radius 1 is 1.47 bits per heavy atom. The number of nitrogens with zero attached hydrogens (tertiary/aromatic N) is 2. The van der Waals surface area contributed by atoms with E-state index in [0.717, 1.165) is 0 Å². The summed E-state index contributed by atoms with van der Waals surface area (Å²) in [6.45, 7) is -0.760. The van der Waals surface area contributed by atoms with E-state index in [2.05, 4.69) is 14.9 Å². The molecule has 0 atom stereocenters. The van der Waals surface area contributed by atoms with Crippen molar-refractivity contribution in [3.63, 3.8) is 0 Å². The molecule has 98 valence electrons. The van der Waals surface area contributed by atoms with Crippen LogP contribution in [-0.2, 0) is 22.6 Å². The van der Waals surface area contributed by atoms with Crippen molar-refractivity contribution in [2.45, 2.75) is 19.3 Å². The van der Waals surface area contributed by atoms with Gasteiger partial charge in [-0.2, -0.15) is 18.3 Å². The Morgan fingerprint density at radius 2 is 2.18 bits per heavy atom. The lowest BCUT2D eigenvalue weighted by Crippen LogP contribution is -2.18.